The van der Waals surface area contributed by atoms with Gasteiger partial charge in [0.25, 0.3) is 0 Å². The van der Waals surface area contributed by atoms with Crippen LogP contribution in [0.25, 0.3) is 0 Å². The van der Waals surface area contributed by atoms with Crippen molar-refractivity contribution in [1.29, 1.82) is 0 Å². The monoisotopic (exact) mass is 271 g/mol. The minimum atomic E-state index is 0.0271. The van der Waals surface area contributed by atoms with E-state index in [9.17, 15) is 0 Å². The Morgan fingerprint density at radius 1 is 1.11 bits per heavy atom. The lowest BCUT2D eigenvalue weighted by molar-refractivity contribution is -0.0885. The van der Waals surface area contributed by atoms with Crippen molar-refractivity contribution in [2.24, 2.45) is 5.41 Å². The molecule has 0 bridgehead atoms. The molecule has 0 amide bonds. The molecule has 0 aliphatic heterocycles. The Kier molecular flexibility index (Phi) is 6.78. The molecule has 1 N–H and O–H groups in total. The van der Waals surface area contributed by atoms with Crippen LogP contribution in [-0.4, -0.2) is 39.0 Å². The Hall–Kier alpha value is -0.120. The van der Waals surface area contributed by atoms with E-state index in [1.165, 1.54) is 25.7 Å². The predicted molar refractivity (Wildman–Crippen MR) is 80.6 cm³/mol. The molecule has 1 unspecified atom stereocenters. The molecular weight excluding hydrogens is 238 g/mol. The Morgan fingerprint density at radius 2 is 1.74 bits per heavy atom. The first-order chi connectivity index (χ1) is 8.99. The van der Waals surface area contributed by atoms with Gasteiger partial charge in [-0.2, -0.15) is 0 Å². The maximum absolute atomic E-state index is 6.01. The van der Waals surface area contributed by atoms with Gasteiger partial charge in [-0.05, 0) is 50.5 Å². The quantitative estimate of drug-likeness (QED) is 0.687. The third-order valence-electron chi connectivity index (χ3n) is 4.78. The van der Waals surface area contributed by atoms with Gasteiger partial charge in [-0.1, -0.05) is 20.8 Å². The summed E-state index contributed by atoms with van der Waals surface area (Å²) in [6.45, 7) is 8.78. The lowest BCUT2D eigenvalue weighted by Crippen LogP contribution is -2.54. The molecule has 1 saturated carbocycles. The zero-order valence-electron chi connectivity index (χ0n) is 13.6. The van der Waals surface area contributed by atoms with Crippen LogP contribution in [0.2, 0.25) is 0 Å². The molecule has 114 valence electrons. The van der Waals surface area contributed by atoms with E-state index in [1.807, 2.05) is 7.11 Å². The van der Waals surface area contributed by atoms with E-state index in [0.29, 0.717) is 11.5 Å². The maximum atomic E-state index is 6.01. The van der Waals surface area contributed by atoms with Gasteiger partial charge in [0, 0.05) is 26.9 Å². The molecule has 0 heterocycles. The number of ether oxygens (including phenoxy) is 2. The second kappa shape index (κ2) is 7.61. The summed E-state index contributed by atoms with van der Waals surface area (Å²) in [7, 11) is 3.66. The maximum Gasteiger partial charge on any atom is 0.0831 e. The lowest BCUT2D eigenvalue weighted by Gasteiger charge is -2.47. The Bertz CT molecular complexity index is 243. The number of hydrogen-bond acceptors (Lipinski definition) is 3. The summed E-state index contributed by atoms with van der Waals surface area (Å²) in [4.78, 5) is 0. The molecule has 19 heavy (non-hydrogen) atoms. The third-order valence-corrected chi connectivity index (χ3v) is 4.78. The lowest BCUT2D eigenvalue weighted by atomic mass is 9.68. The normalized spacial score (nSPS) is 23.2. The van der Waals surface area contributed by atoms with Crippen LogP contribution in [0.4, 0.5) is 0 Å². The van der Waals surface area contributed by atoms with Crippen LogP contribution in [0.1, 0.15) is 59.3 Å². The van der Waals surface area contributed by atoms with E-state index in [-0.39, 0.29) is 5.60 Å². The zero-order valence-corrected chi connectivity index (χ0v) is 13.6. The van der Waals surface area contributed by atoms with Crippen LogP contribution >= 0.6 is 0 Å². The second-order valence-electron chi connectivity index (χ2n) is 6.68. The molecule has 0 aromatic heterocycles. The molecule has 1 aliphatic rings. The number of likely N-dealkylation sites (N-methyl/N-ethyl adjacent to an activating group) is 1. The molecule has 1 fully saturated rings. The second-order valence-corrected chi connectivity index (χ2v) is 6.68. The summed E-state index contributed by atoms with van der Waals surface area (Å²) in [5, 5.41) is 3.65. The SMILES string of the molecule is CCNC(CCCOC)C1(OC)CCC(C)(C)CC1. The van der Waals surface area contributed by atoms with Crippen molar-refractivity contribution in [1.82, 2.24) is 5.32 Å². The van der Waals surface area contributed by atoms with Crippen molar-refractivity contribution in [3.63, 3.8) is 0 Å². The fourth-order valence-corrected chi connectivity index (χ4v) is 3.27. The van der Waals surface area contributed by atoms with Gasteiger partial charge >= 0.3 is 0 Å². The Labute approximate surface area is 119 Å². The van der Waals surface area contributed by atoms with Crippen molar-refractivity contribution in [3.8, 4) is 0 Å². The minimum absolute atomic E-state index is 0.0271. The first kappa shape index (κ1) is 16.9. The molecule has 0 radical (unpaired) electrons. The molecule has 1 rings (SSSR count). The predicted octanol–water partition coefficient (Wildman–Crippen LogP) is 3.38. The number of nitrogens with one attached hydrogen (secondary N) is 1. The largest absolute Gasteiger partial charge is 0.385 e. The molecule has 1 atom stereocenters. The highest BCUT2D eigenvalue weighted by Crippen LogP contribution is 2.44. The number of hydrogen-bond donors (Lipinski definition) is 1. The Balaban J connectivity index is 2.66. The van der Waals surface area contributed by atoms with Gasteiger partial charge in [-0.15, -0.1) is 0 Å². The van der Waals surface area contributed by atoms with Gasteiger partial charge in [-0.3, -0.25) is 0 Å². The summed E-state index contributed by atoms with van der Waals surface area (Å²) in [5.41, 5.74) is 0.505. The molecule has 0 saturated heterocycles. The van der Waals surface area contributed by atoms with Gasteiger partial charge in [0.2, 0.25) is 0 Å². The molecule has 0 spiro atoms. The highest BCUT2D eigenvalue weighted by Gasteiger charge is 2.43. The highest BCUT2D eigenvalue weighted by molar-refractivity contribution is 4.98. The van der Waals surface area contributed by atoms with Gasteiger partial charge in [-0.25, -0.2) is 0 Å². The summed E-state index contributed by atoms with van der Waals surface area (Å²) >= 11 is 0. The van der Waals surface area contributed by atoms with Crippen molar-refractivity contribution in [2.45, 2.75) is 70.9 Å². The number of rotatable bonds is 8. The average Bonchev–Trinajstić information content (AvgIpc) is 2.39. The van der Waals surface area contributed by atoms with Gasteiger partial charge in [0.1, 0.15) is 0 Å². The summed E-state index contributed by atoms with van der Waals surface area (Å²) in [5.74, 6) is 0. The standard InChI is InChI=1S/C16H33NO2/c1-6-17-14(8-7-13-18-4)16(19-5)11-9-15(2,3)10-12-16/h14,17H,6-13H2,1-5H3. The van der Waals surface area contributed by atoms with Crippen molar-refractivity contribution < 1.29 is 9.47 Å². The summed E-state index contributed by atoms with van der Waals surface area (Å²) < 4.78 is 11.2. The van der Waals surface area contributed by atoms with E-state index in [4.69, 9.17) is 9.47 Å². The first-order valence-electron chi connectivity index (χ1n) is 7.77. The van der Waals surface area contributed by atoms with E-state index >= 15 is 0 Å². The van der Waals surface area contributed by atoms with Crippen molar-refractivity contribution in [2.75, 3.05) is 27.4 Å². The fraction of sp³-hybridized carbons (Fsp3) is 1.00. The van der Waals surface area contributed by atoms with Crippen LogP contribution in [0, 0.1) is 5.41 Å². The Morgan fingerprint density at radius 3 is 2.21 bits per heavy atom. The van der Waals surface area contributed by atoms with Crippen LogP contribution in [-0.2, 0) is 9.47 Å². The third kappa shape index (κ3) is 4.73. The van der Waals surface area contributed by atoms with Crippen LogP contribution < -0.4 is 5.32 Å². The van der Waals surface area contributed by atoms with E-state index < -0.39 is 0 Å². The topological polar surface area (TPSA) is 30.5 Å². The van der Waals surface area contributed by atoms with Crippen LogP contribution in [0.3, 0.4) is 0 Å². The number of methoxy groups -OCH3 is 2. The average molecular weight is 271 g/mol. The van der Waals surface area contributed by atoms with Crippen molar-refractivity contribution >= 4 is 0 Å². The van der Waals surface area contributed by atoms with Crippen LogP contribution in [0.5, 0.6) is 0 Å². The molecule has 3 heteroatoms. The smallest absolute Gasteiger partial charge is 0.0831 e. The van der Waals surface area contributed by atoms with Crippen LogP contribution in [0.15, 0.2) is 0 Å². The van der Waals surface area contributed by atoms with E-state index in [2.05, 4.69) is 26.1 Å². The van der Waals surface area contributed by atoms with Crippen molar-refractivity contribution in [3.05, 3.63) is 0 Å². The molecule has 1 aliphatic carbocycles. The molecule has 0 aromatic rings. The highest BCUT2D eigenvalue weighted by atomic mass is 16.5. The zero-order chi connectivity index (χ0) is 14.4. The van der Waals surface area contributed by atoms with Gasteiger partial charge < -0.3 is 14.8 Å². The van der Waals surface area contributed by atoms with Gasteiger partial charge in [0.05, 0.1) is 5.60 Å². The minimum Gasteiger partial charge on any atom is -0.385 e. The molecule has 3 nitrogen and oxygen atoms in total. The van der Waals surface area contributed by atoms with E-state index in [1.54, 1.807) is 7.11 Å². The molecule has 0 aromatic carbocycles. The summed E-state index contributed by atoms with van der Waals surface area (Å²) in [6.07, 6.45) is 7.08. The van der Waals surface area contributed by atoms with E-state index in [0.717, 1.165) is 26.0 Å². The fourth-order valence-electron chi connectivity index (χ4n) is 3.27. The molecular formula is C16H33NO2. The summed E-state index contributed by atoms with van der Waals surface area (Å²) in [6, 6.07) is 0.453. The first-order valence-corrected chi connectivity index (χ1v) is 7.77. The van der Waals surface area contributed by atoms with Gasteiger partial charge in [0.15, 0.2) is 0 Å².